The van der Waals surface area contributed by atoms with Crippen LogP contribution in [0.25, 0.3) is 0 Å². The van der Waals surface area contributed by atoms with Crippen molar-refractivity contribution in [3.63, 3.8) is 0 Å². The Morgan fingerprint density at radius 1 is 1.03 bits per heavy atom. The van der Waals surface area contributed by atoms with E-state index >= 15 is 0 Å². The van der Waals surface area contributed by atoms with Crippen molar-refractivity contribution in [2.45, 2.75) is 19.0 Å². The predicted molar refractivity (Wildman–Crippen MR) is 112 cm³/mol. The number of carbonyl (C=O) groups is 2. The van der Waals surface area contributed by atoms with Crippen LogP contribution in [-0.2, 0) is 12.6 Å². The number of halogens is 3. The van der Waals surface area contributed by atoms with Crippen molar-refractivity contribution in [3.8, 4) is 0 Å². The van der Waals surface area contributed by atoms with Crippen molar-refractivity contribution in [1.29, 1.82) is 0 Å². The molecule has 6 nitrogen and oxygen atoms in total. The Bertz CT molecular complexity index is 1160. The van der Waals surface area contributed by atoms with Gasteiger partial charge in [0.1, 0.15) is 5.82 Å². The fourth-order valence-electron chi connectivity index (χ4n) is 3.69. The molecule has 164 valence electrons. The van der Waals surface area contributed by atoms with E-state index in [9.17, 15) is 22.8 Å². The van der Waals surface area contributed by atoms with Crippen LogP contribution in [0, 0.1) is 0 Å². The number of nitrogens with zero attached hydrogens (tertiary/aromatic N) is 2. The molecule has 0 aliphatic carbocycles. The quantitative estimate of drug-likeness (QED) is 0.586. The topological polar surface area (TPSA) is 82.5 Å². The number of nitrogens with one attached hydrogen (secondary N) is 1. The summed E-state index contributed by atoms with van der Waals surface area (Å²) in [6.07, 6.45) is -1.76. The van der Waals surface area contributed by atoms with Gasteiger partial charge in [-0.25, -0.2) is 9.78 Å². The summed E-state index contributed by atoms with van der Waals surface area (Å²) >= 11 is 0. The molecule has 0 unspecified atom stereocenters. The van der Waals surface area contributed by atoms with Crippen LogP contribution in [0.2, 0.25) is 0 Å². The summed E-state index contributed by atoms with van der Waals surface area (Å²) in [5.41, 5.74) is 1.56. The zero-order valence-corrected chi connectivity index (χ0v) is 16.7. The smallest absolute Gasteiger partial charge is 0.416 e. The van der Waals surface area contributed by atoms with Gasteiger partial charge < -0.3 is 15.3 Å². The van der Waals surface area contributed by atoms with Crippen molar-refractivity contribution in [2.75, 3.05) is 16.8 Å². The normalized spacial score (nSPS) is 13.4. The number of carboxylic acids is 1. The standard InChI is InChI=1S/C23H18F3N3O3/c24-23(25,26)15-7-9-16(10-8-15)28-21(30)18-3-1-5-19-17(18)4-2-12-29(19)20-11-6-14(13-27-20)22(31)32/h1,3,5-11,13H,2,4,12H2,(H,28,30)(H,31,32). The molecule has 0 spiro atoms. The maximum atomic E-state index is 12.9. The molecule has 3 aromatic rings. The number of aromatic nitrogens is 1. The van der Waals surface area contributed by atoms with Gasteiger partial charge in [-0.1, -0.05) is 6.07 Å². The highest BCUT2D eigenvalue weighted by Crippen LogP contribution is 2.35. The Kier molecular flexibility index (Phi) is 5.56. The first-order valence-electron chi connectivity index (χ1n) is 9.81. The van der Waals surface area contributed by atoms with Crippen LogP contribution in [0.3, 0.4) is 0 Å². The largest absolute Gasteiger partial charge is 0.478 e. The molecule has 9 heteroatoms. The van der Waals surface area contributed by atoms with Crippen molar-refractivity contribution in [1.82, 2.24) is 4.98 Å². The van der Waals surface area contributed by atoms with Crippen LogP contribution in [0.1, 0.15) is 38.3 Å². The molecule has 4 rings (SSSR count). The number of aromatic carboxylic acids is 1. The number of hydrogen-bond acceptors (Lipinski definition) is 4. The van der Waals surface area contributed by atoms with Crippen molar-refractivity contribution in [3.05, 3.63) is 83.0 Å². The van der Waals surface area contributed by atoms with Gasteiger partial charge in [0.2, 0.25) is 0 Å². The molecule has 2 N–H and O–H groups in total. The number of benzene rings is 2. The lowest BCUT2D eigenvalue weighted by Crippen LogP contribution is -2.27. The summed E-state index contributed by atoms with van der Waals surface area (Å²) in [4.78, 5) is 30.1. The molecular weight excluding hydrogens is 423 g/mol. The summed E-state index contributed by atoms with van der Waals surface area (Å²) in [5.74, 6) is -0.917. The van der Waals surface area contributed by atoms with E-state index in [1.165, 1.54) is 24.4 Å². The van der Waals surface area contributed by atoms with E-state index in [4.69, 9.17) is 5.11 Å². The summed E-state index contributed by atoms with van der Waals surface area (Å²) in [6, 6.07) is 12.6. The van der Waals surface area contributed by atoms with Gasteiger partial charge in [0, 0.05) is 29.7 Å². The number of alkyl halides is 3. The third kappa shape index (κ3) is 4.27. The zero-order valence-electron chi connectivity index (χ0n) is 16.7. The lowest BCUT2D eigenvalue weighted by molar-refractivity contribution is -0.137. The lowest BCUT2D eigenvalue weighted by Gasteiger charge is -2.31. The lowest BCUT2D eigenvalue weighted by atomic mass is 9.95. The van der Waals surface area contributed by atoms with Crippen molar-refractivity contribution in [2.24, 2.45) is 0 Å². The van der Waals surface area contributed by atoms with Gasteiger partial charge in [-0.2, -0.15) is 13.2 Å². The SMILES string of the molecule is O=C(O)c1ccc(N2CCCc3c(C(=O)Nc4ccc(C(F)(F)F)cc4)cccc32)nc1. The molecular formula is C23H18F3N3O3. The molecule has 0 saturated carbocycles. The fraction of sp³-hybridized carbons (Fsp3) is 0.174. The van der Waals surface area contributed by atoms with Crippen LogP contribution in [0.4, 0.5) is 30.4 Å². The average molecular weight is 441 g/mol. The third-order valence-corrected chi connectivity index (χ3v) is 5.24. The van der Waals surface area contributed by atoms with Crippen LogP contribution >= 0.6 is 0 Å². The van der Waals surface area contributed by atoms with Gasteiger partial charge in [-0.3, -0.25) is 4.79 Å². The van der Waals surface area contributed by atoms with E-state index in [0.29, 0.717) is 24.3 Å². The first-order valence-corrected chi connectivity index (χ1v) is 9.81. The number of hydrogen-bond donors (Lipinski definition) is 2. The first-order chi connectivity index (χ1) is 15.2. The van der Waals surface area contributed by atoms with Crippen LogP contribution in [0.15, 0.2) is 60.8 Å². The second-order valence-corrected chi connectivity index (χ2v) is 7.30. The third-order valence-electron chi connectivity index (χ3n) is 5.24. The number of carboxylic acid groups (broad SMARTS) is 1. The number of pyridine rings is 1. The Morgan fingerprint density at radius 2 is 1.78 bits per heavy atom. The van der Waals surface area contributed by atoms with Gasteiger partial charge in [-0.15, -0.1) is 0 Å². The summed E-state index contributed by atoms with van der Waals surface area (Å²) in [5, 5.41) is 11.7. The molecule has 0 saturated heterocycles. The minimum atomic E-state index is -4.44. The van der Waals surface area contributed by atoms with Gasteiger partial charge in [-0.05, 0) is 66.9 Å². The molecule has 0 fully saturated rings. The Morgan fingerprint density at radius 3 is 2.41 bits per heavy atom. The molecule has 1 aromatic heterocycles. The zero-order chi connectivity index (χ0) is 22.9. The summed E-state index contributed by atoms with van der Waals surface area (Å²) in [7, 11) is 0. The number of rotatable bonds is 4. The molecule has 0 radical (unpaired) electrons. The minimum absolute atomic E-state index is 0.0793. The monoisotopic (exact) mass is 441 g/mol. The molecule has 0 atom stereocenters. The van der Waals surface area contributed by atoms with E-state index in [1.54, 1.807) is 18.2 Å². The van der Waals surface area contributed by atoms with Gasteiger partial charge in [0.05, 0.1) is 11.1 Å². The van der Waals surface area contributed by atoms with Crippen LogP contribution in [0.5, 0.6) is 0 Å². The van der Waals surface area contributed by atoms with E-state index in [2.05, 4.69) is 10.3 Å². The highest BCUT2D eigenvalue weighted by Gasteiger charge is 2.30. The molecule has 1 amide bonds. The van der Waals surface area contributed by atoms with Gasteiger partial charge in [0.15, 0.2) is 0 Å². The maximum absolute atomic E-state index is 12.9. The van der Waals surface area contributed by atoms with E-state index in [1.807, 2.05) is 11.0 Å². The van der Waals surface area contributed by atoms with Gasteiger partial charge in [0.25, 0.3) is 5.91 Å². The van der Waals surface area contributed by atoms with Crippen LogP contribution < -0.4 is 10.2 Å². The number of fused-ring (bicyclic) bond motifs is 1. The summed E-state index contributed by atoms with van der Waals surface area (Å²) in [6.45, 7) is 0.649. The Balaban J connectivity index is 1.59. The van der Waals surface area contributed by atoms with Crippen molar-refractivity contribution >= 4 is 29.1 Å². The molecule has 32 heavy (non-hydrogen) atoms. The predicted octanol–water partition coefficient (Wildman–Crippen LogP) is 5.14. The summed E-state index contributed by atoms with van der Waals surface area (Å²) < 4.78 is 38.2. The molecule has 2 heterocycles. The molecule has 1 aliphatic rings. The maximum Gasteiger partial charge on any atom is 0.416 e. The fourth-order valence-corrected chi connectivity index (χ4v) is 3.69. The minimum Gasteiger partial charge on any atom is -0.478 e. The van der Waals surface area contributed by atoms with Crippen LogP contribution in [-0.4, -0.2) is 28.5 Å². The Hall–Kier alpha value is -3.88. The van der Waals surface area contributed by atoms with Gasteiger partial charge >= 0.3 is 12.1 Å². The number of anilines is 3. The average Bonchev–Trinajstić information content (AvgIpc) is 2.78. The van der Waals surface area contributed by atoms with E-state index < -0.39 is 23.6 Å². The second-order valence-electron chi connectivity index (χ2n) is 7.30. The highest BCUT2D eigenvalue weighted by atomic mass is 19.4. The van der Waals surface area contributed by atoms with E-state index in [0.717, 1.165) is 29.8 Å². The number of amides is 1. The number of carbonyl (C=O) groups excluding carboxylic acids is 1. The molecule has 0 bridgehead atoms. The van der Waals surface area contributed by atoms with E-state index in [-0.39, 0.29) is 11.3 Å². The molecule has 2 aromatic carbocycles. The first kappa shape index (κ1) is 21.4. The second kappa shape index (κ2) is 8.33. The molecule has 1 aliphatic heterocycles. The highest BCUT2D eigenvalue weighted by molar-refractivity contribution is 6.06. The Labute approximate surface area is 181 Å². The van der Waals surface area contributed by atoms with Crippen molar-refractivity contribution < 1.29 is 27.9 Å².